The van der Waals surface area contributed by atoms with Crippen molar-refractivity contribution in [3.8, 4) is 0 Å². The molecule has 0 saturated heterocycles. The molecule has 5 nitrogen and oxygen atoms in total. The summed E-state index contributed by atoms with van der Waals surface area (Å²) in [5.74, 6) is 2.39. The van der Waals surface area contributed by atoms with E-state index in [-0.39, 0.29) is 5.28 Å². The van der Waals surface area contributed by atoms with Crippen LogP contribution < -0.4 is 5.32 Å². The number of anilines is 1. The Bertz CT molecular complexity index is 559. The largest absolute Gasteiger partial charge is 0.369 e. The first-order valence-electron chi connectivity index (χ1n) is 6.83. The van der Waals surface area contributed by atoms with Gasteiger partial charge in [-0.3, -0.25) is 5.10 Å². The zero-order chi connectivity index (χ0) is 13.2. The van der Waals surface area contributed by atoms with Crippen LogP contribution in [0.15, 0.2) is 6.20 Å². The molecule has 0 bridgehead atoms. The second kappa shape index (κ2) is 5.33. The number of aromatic amines is 1. The van der Waals surface area contributed by atoms with Gasteiger partial charge >= 0.3 is 0 Å². The van der Waals surface area contributed by atoms with Crippen LogP contribution in [0.3, 0.4) is 0 Å². The molecule has 2 heterocycles. The third kappa shape index (κ3) is 2.81. The molecule has 6 heteroatoms. The van der Waals surface area contributed by atoms with Gasteiger partial charge in [0.05, 0.1) is 11.6 Å². The highest BCUT2D eigenvalue weighted by Gasteiger charge is 2.18. The van der Waals surface area contributed by atoms with Crippen molar-refractivity contribution >= 4 is 28.5 Å². The first kappa shape index (κ1) is 12.7. The highest BCUT2D eigenvalue weighted by molar-refractivity contribution is 6.28. The zero-order valence-electron chi connectivity index (χ0n) is 11.0. The molecule has 2 N–H and O–H groups in total. The fourth-order valence-electron chi connectivity index (χ4n) is 2.72. The highest BCUT2D eigenvalue weighted by atomic mass is 35.5. The summed E-state index contributed by atoms with van der Waals surface area (Å²) in [5, 5.41) is 11.3. The number of halogens is 1. The fraction of sp³-hybridized carbons (Fsp3) is 0.615. The molecule has 102 valence electrons. The first-order valence-corrected chi connectivity index (χ1v) is 7.20. The molecular formula is C13H18ClN5. The minimum absolute atomic E-state index is 0.247. The SMILES string of the molecule is CC1CCC(CNc2nc(Cl)nc3[nH]ncc23)CC1. The van der Waals surface area contributed by atoms with Crippen LogP contribution in [0.5, 0.6) is 0 Å². The maximum absolute atomic E-state index is 5.91. The van der Waals surface area contributed by atoms with Crippen molar-refractivity contribution in [1.82, 2.24) is 20.2 Å². The zero-order valence-corrected chi connectivity index (χ0v) is 11.7. The second-order valence-corrected chi connectivity index (χ2v) is 5.82. The van der Waals surface area contributed by atoms with Gasteiger partial charge in [-0.1, -0.05) is 19.8 Å². The van der Waals surface area contributed by atoms with E-state index in [0.29, 0.717) is 5.65 Å². The Hall–Kier alpha value is -1.36. The molecule has 19 heavy (non-hydrogen) atoms. The maximum Gasteiger partial charge on any atom is 0.226 e. The predicted octanol–water partition coefficient (Wildman–Crippen LogP) is 3.24. The summed E-state index contributed by atoms with van der Waals surface area (Å²) >= 11 is 5.91. The third-order valence-electron chi connectivity index (χ3n) is 3.98. The topological polar surface area (TPSA) is 66.5 Å². The maximum atomic E-state index is 5.91. The van der Waals surface area contributed by atoms with Gasteiger partial charge in [-0.15, -0.1) is 0 Å². The molecular weight excluding hydrogens is 262 g/mol. The van der Waals surface area contributed by atoms with Crippen LogP contribution in [0, 0.1) is 11.8 Å². The van der Waals surface area contributed by atoms with E-state index >= 15 is 0 Å². The molecule has 3 rings (SSSR count). The van der Waals surface area contributed by atoms with Crippen LogP contribution in [0.1, 0.15) is 32.6 Å². The van der Waals surface area contributed by atoms with Gasteiger partial charge in [0, 0.05) is 6.54 Å². The Balaban J connectivity index is 1.69. The van der Waals surface area contributed by atoms with E-state index in [1.807, 2.05) is 0 Å². The number of fused-ring (bicyclic) bond motifs is 1. The Morgan fingerprint density at radius 3 is 2.89 bits per heavy atom. The van der Waals surface area contributed by atoms with Crippen molar-refractivity contribution in [2.45, 2.75) is 32.6 Å². The number of H-pyrrole nitrogens is 1. The lowest BCUT2D eigenvalue weighted by molar-refractivity contribution is 0.300. The lowest BCUT2D eigenvalue weighted by Gasteiger charge is -2.26. The van der Waals surface area contributed by atoms with Crippen LogP contribution >= 0.6 is 11.6 Å². The highest BCUT2D eigenvalue weighted by Crippen LogP contribution is 2.29. The minimum atomic E-state index is 0.247. The standard InChI is InChI=1S/C13H18ClN5/c1-8-2-4-9(5-3-8)6-15-11-10-7-16-19-12(10)18-13(14)17-11/h7-9H,2-6H2,1H3,(H2,15,16,17,18,19). The summed E-state index contributed by atoms with van der Waals surface area (Å²) in [6.45, 7) is 3.28. The van der Waals surface area contributed by atoms with E-state index < -0.39 is 0 Å². The monoisotopic (exact) mass is 279 g/mol. The summed E-state index contributed by atoms with van der Waals surface area (Å²) in [7, 11) is 0. The molecule has 0 atom stereocenters. The lowest BCUT2D eigenvalue weighted by Crippen LogP contribution is -2.20. The minimum Gasteiger partial charge on any atom is -0.369 e. The van der Waals surface area contributed by atoms with Crippen LogP contribution in [-0.4, -0.2) is 26.7 Å². The Kier molecular flexibility index (Phi) is 3.55. The van der Waals surface area contributed by atoms with E-state index in [9.17, 15) is 0 Å². The number of hydrogen-bond acceptors (Lipinski definition) is 4. The number of aromatic nitrogens is 4. The summed E-state index contributed by atoms with van der Waals surface area (Å²) in [4.78, 5) is 8.35. The molecule has 0 unspecified atom stereocenters. The molecule has 0 aromatic carbocycles. The molecule has 0 spiro atoms. The molecule has 1 aliphatic rings. The van der Waals surface area contributed by atoms with Crippen molar-refractivity contribution in [3.63, 3.8) is 0 Å². The molecule has 2 aromatic rings. The lowest BCUT2D eigenvalue weighted by atomic mass is 9.83. The van der Waals surface area contributed by atoms with Crippen LogP contribution in [0.2, 0.25) is 5.28 Å². The van der Waals surface area contributed by atoms with E-state index in [1.54, 1.807) is 6.20 Å². The van der Waals surface area contributed by atoms with Gasteiger partial charge in [-0.2, -0.15) is 15.1 Å². The van der Waals surface area contributed by atoms with E-state index in [0.717, 1.165) is 29.6 Å². The van der Waals surface area contributed by atoms with Crippen molar-refractivity contribution < 1.29 is 0 Å². The molecule has 2 aromatic heterocycles. The van der Waals surface area contributed by atoms with Crippen LogP contribution in [-0.2, 0) is 0 Å². The molecule has 0 amide bonds. The Labute approximate surface area is 117 Å². The molecule has 1 fully saturated rings. The van der Waals surface area contributed by atoms with Gasteiger partial charge in [0.15, 0.2) is 5.65 Å². The van der Waals surface area contributed by atoms with Gasteiger partial charge in [0.2, 0.25) is 5.28 Å². The summed E-state index contributed by atoms with van der Waals surface area (Å²) in [6.07, 6.45) is 6.98. The van der Waals surface area contributed by atoms with Crippen molar-refractivity contribution in [2.75, 3.05) is 11.9 Å². The van der Waals surface area contributed by atoms with Gasteiger partial charge in [0.25, 0.3) is 0 Å². The third-order valence-corrected chi connectivity index (χ3v) is 4.15. The molecule has 1 saturated carbocycles. The van der Waals surface area contributed by atoms with Gasteiger partial charge in [0.1, 0.15) is 5.82 Å². The average molecular weight is 280 g/mol. The molecule has 1 aliphatic carbocycles. The van der Waals surface area contributed by atoms with E-state index in [1.165, 1.54) is 25.7 Å². The predicted molar refractivity (Wildman–Crippen MR) is 76.3 cm³/mol. The Morgan fingerprint density at radius 2 is 2.11 bits per heavy atom. The van der Waals surface area contributed by atoms with Crippen LogP contribution in [0.4, 0.5) is 5.82 Å². The normalized spacial score (nSPS) is 23.7. The average Bonchev–Trinajstić information content (AvgIpc) is 2.85. The number of hydrogen-bond donors (Lipinski definition) is 2. The van der Waals surface area contributed by atoms with E-state index in [4.69, 9.17) is 11.6 Å². The molecule has 0 radical (unpaired) electrons. The second-order valence-electron chi connectivity index (χ2n) is 5.48. The first-order chi connectivity index (χ1) is 9.22. The van der Waals surface area contributed by atoms with Crippen molar-refractivity contribution in [2.24, 2.45) is 11.8 Å². The smallest absolute Gasteiger partial charge is 0.226 e. The van der Waals surface area contributed by atoms with Gasteiger partial charge in [-0.05, 0) is 36.3 Å². The van der Waals surface area contributed by atoms with Crippen LogP contribution in [0.25, 0.3) is 11.0 Å². The van der Waals surface area contributed by atoms with E-state index in [2.05, 4.69) is 32.4 Å². The van der Waals surface area contributed by atoms with Crippen molar-refractivity contribution in [1.29, 1.82) is 0 Å². The number of nitrogens with zero attached hydrogens (tertiary/aromatic N) is 3. The van der Waals surface area contributed by atoms with Gasteiger partial charge < -0.3 is 5.32 Å². The van der Waals surface area contributed by atoms with Crippen molar-refractivity contribution in [3.05, 3.63) is 11.5 Å². The number of nitrogens with one attached hydrogen (secondary N) is 2. The summed E-state index contributed by atoms with van der Waals surface area (Å²) in [5.41, 5.74) is 0.680. The quantitative estimate of drug-likeness (QED) is 0.847. The Morgan fingerprint density at radius 1 is 1.32 bits per heavy atom. The fourth-order valence-corrected chi connectivity index (χ4v) is 2.89. The van der Waals surface area contributed by atoms with Gasteiger partial charge in [-0.25, -0.2) is 0 Å². The number of rotatable bonds is 3. The summed E-state index contributed by atoms with van der Waals surface area (Å²) in [6, 6.07) is 0. The summed E-state index contributed by atoms with van der Waals surface area (Å²) < 4.78 is 0. The molecule has 0 aliphatic heterocycles.